The maximum absolute atomic E-state index is 12.2. The molecule has 6 heteroatoms. The monoisotopic (exact) mass is 284 g/mol. The highest BCUT2D eigenvalue weighted by atomic mass is 16.5. The van der Waals surface area contributed by atoms with Gasteiger partial charge in [0.05, 0.1) is 25.2 Å². The molecule has 3 unspecified atom stereocenters. The molecule has 2 fully saturated rings. The lowest BCUT2D eigenvalue weighted by molar-refractivity contribution is -0.142. The molecule has 1 aliphatic heterocycles. The van der Waals surface area contributed by atoms with Gasteiger partial charge in [-0.05, 0) is 32.2 Å². The summed E-state index contributed by atoms with van der Waals surface area (Å²) in [7, 11) is 0. The molecule has 6 nitrogen and oxygen atoms in total. The average molecular weight is 284 g/mol. The van der Waals surface area contributed by atoms with Gasteiger partial charge >= 0.3 is 5.97 Å². The molecule has 114 valence electrons. The van der Waals surface area contributed by atoms with E-state index in [2.05, 4.69) is 5.32 Å². The summed E-state index contributed by atoms with van der Waals surface area (Å²) in [4.78, 5) is 25.1. The van der Waals surface area contributed by atoms with Crippen LogP contribution in [0.4, 0.5) is 0 Å². The lowest BCUT2D eigenvalue weighted by Crippen LogP contribution is -2.50. The van der Waals surface area contributed by atoms with Crippen molar-refractivity contribution in [1.82, 2.24) is 10.2 Å². The SMILES string of the molecule is CC(NCC1CCCC1C(=O)O)C(=O)N1CCOCC1. The van der Waals surface area contributed by atoms with Crippen LogP contribution in [0, 0.1) is 11.8 Å². The minimum absolute atomic E-state index is 0.0816. The third kappa shape index (κ3) is 3.70. The molecule has 0 aromatic heterocycles. The minimum atomic E-state index is -0.707. The van der Waals surface area contributed by atoms with Crippen molar-refractivity contribution in [2.45, 2.75) is 32.2 Å². The smallest absolute Gasteiger partial charge is 0.306 e. The number of nitrogens with zero attached hydrogens (tertiary/aromatic N) is 1. The second kappa shape index (κ2) is 7.04. The van der Waals surface area contributed by atoms with Crippen molar-refractivity contribution in [3.8, 4) is 0 Å². The Morgan fingerprint density at radius 1 is 1.35 bits per heavy atom. The second-order valence-corrected chi connectivity index (χ2v) is 5.70. The largest absolute Gasteiger partial charge is 0.481 e. The van der Waals surface area contributed by atoms with Gasteiger partial charge in [0.25, 0.3) is 0 Å². The molecule has 0 aromatic carbocycles. The summed E-state index contributed by atoms with van der Waals surface area (Å²) in [6.45, 7) is 4.94. The van der Waals surface area contributed by atoms with Gasteiger partial charge < -0.3 is 20.1 Å². The van der Waals surface area contributed by atoms with Crippen LogP contribution in [-0.4, -0.2) is 60.8 Å². The van der Waals surface area contributed by atoms with Crippen LogP contribution in [0.15, 0.2) is 0 Å². The van der Waals surface area contributed by atoms with Gasteiger partial charge in [0, 0.05) is 13.1 Å². The number of ether oxygens (including phenoxy) is 1. The molecule has 1 amide bonds. The van der Waals surface area contributed by atoms with Crippen molar-refractivity contribution < 1.29 is 19.4 Å². The summed E-state index contributed by atoms with van der Waals surface area (Å²) in [6, 6.07) is -0.261. The summed E-state index contributed by atoms with van der Waals surface area (Å²) in [5.41, 5.74) is 0. The van der Waals surface area contributed by atoms with Gasteiger partial charge in [-0.1, -0.05) is 6.42 Å². The molecule has 1 saturated heterocycles. The zero-order chi connectivity index (χ0) is 14.5. The number of hydrogen-bond donors (Lipinski definition) is 2. The third-order valence-corrected chi connectivity index (χ3v) is 4.36. The molecule has 2 rings (SSSR count). The lowest BCUT2D eigenvalue weighted by Gasteiger charge is -2.30. The fourth-order valence-electron chi connectivity index (χ4n) is 3.08. The summed E-state index contributed by atoms with van der Waals surface area (Å²) in [6.07, 6.45) is 2.66. The highest BCUT2D eigenvalue weighted by molar-refractivity contribution is 5.81. The number of nitrogens with one attached hydrogen (secondary N) is 1. The quantitative estimate of drug-likeness (QED) is 0.760. The number of carboxylic acids is 1. The Morgan fingerprint density at radius 2 is 2.05 bits per heavy atom. The van der Waals surface area contributed by atoms with Gasteiger partial charge in [-0.15, -0.1) is 0 Å². The van der Waals surface area contributed by atoms with Crippen molar-refractivity contribution in [3.05, 3.63) is 0 Å². The molecule has 0 spiro atoms. The fourth-order valence-corrected chi connectivity index (χ4v) is 3.08. The highest BCUT2D eigenvalue weighted by Gasteiger charge is 2.33. The summed E-state index contributed by atoms with van der Waals surface area (Å²) in [5.74, 6) is -0.736. The van der Waals surface area contributed by atoms with E-state index in [9.17, 15) is 9.59 Å². The number of aliphatic carboxylic acids is 1. The molecule has 2 N–H and O–H groups in total. The number of rotatable bonds is 5. The Balaban J connectivity index is 1.77. The maximum Gasteiger partial charge on any atom is 0.306 e. The van der Waals surface area contributed by atoms with Gasteiger partial charge in [0.15, 0.2) is 0 Å². The highest BCUT2D eigenvalue weighted by Crippen LogP contribution is 2.31. The Bertz CT molecular complexity index is 355. The van der Waals surface area contributed by atoms with Crippen molar-refractivity contribution >= 4 is 11.9 Å². The third-order valence-electron chi connectivity index (χ3n) is 4.36. The summed E-state index contributed by atoms with van der Waals surface area (Å²) in [5, 5.41) is 12.4. The number of carbonyl (C=O) groups excluding carboxylic acids is 1. The van der Waals surface area contributed by atoms with Crippen molar-refractivity contribution in [3.63, 3.8) is 0 Å². The van der Waals surface area contributed by atoms with E-state index >= 15 is 0 Å². The molecule has 0 aromatic rings. The summed E-state index contributed by atoms with van der Waals surface area (Å²) < 4.78 is 5.23. The fraction of sp³-hybridized carbons (Fsp3) is 0.857. The van der Waals surface area contributed by atoms with Gasteiger partial charge in [-0.3, -0.25) is 9.59 Å². The first kappa shape index (κ1) is 15.3. The van der Waals surface area contributed by atoms with E-state index in [0.717, 1.165) is 19.3 Å². The van der Waals surface area contributed by atoms with Crippen LogP contribution in [0.1, 0.15) is 26.2 Å². The van der Waals surface area contributed by atoms with Crippen LogP contribution in [0.2, 0.25) is 0 Å². The average Bonchev–Trinajstić information content (AvgIpc) is 2.93. The number of hydrogen-bond acceptors (Lipinski definition) is 4. The Kier molecular flexibility index (Phi) is 5.37. The molecule has 1 saturated carbocycles. The Hall–Kier alpha value is -1.14. The van der Waals surface area contributed by atoms with Crippen LogP contribution >= 0.6 is 0 Å². The Labute approximate surface area is 119 Å². The molecule has 1 heterocycles. The van der Waals surface area contributed by atoms with Crippen molar-refractivity contribution in [2.75, 3.05) is 32.8 Å². The van der Waals surface area contributed by atoms with Crippen LogP contribution in [0.25, 0.3) is 0 Å². The van der Waals surface area contributed by atoms with Crippen LogP contribution in [0.3, 0.4) is 0 Å². The van der Waals surface area contributed by atoms with E-state index in [1.54, 1.807) is 0 Å². The molecule has 1 aliphatic carbocycles. The molecule has 3 atom stereocenters. The lowest BCUT2D eigenvalue weighted by atomic mass is 9.96. The van der Waals surface area contributed by atoms with E-state index in [0.29, 0.717) is 32.8 Å². The second-order valence-electron chi connectivity index (χ2n) is 5.70. The summed E-state index contributed by atoms with van der Waals surface area (Å²) >= 11 is 0. The van der Waals surface area contributed by atoms with Gasteiger partial charge in [0.1, 0.15) is 0 Å². The van der Waals surface area contributed by atoms with Gasteiger partial charge in [-0.2, -0.15) is 0 Å². The van der Waals surface area contributed by atoms with Crippen molar-refractivity contribution in [2.24, 2.45) is 11.8 Å². The van der Waals surface area contributed by atoms with Crippen molar-refractivity contribution in [1.29, 1.82) is 0 Å². The van der Waals surface area contributed by atoms with E-state index in [-0.39, 0.29) is 23.8 Å². The predicted octanol–water partition coefficient (Wildman–Crippen LogP) is 0.324. The van der Waals surface area contributed by atoms with E-state index in [1.165, 1.54) is 0 Å². The molecule has 20 heavy (non-hydrogen) atoms. The molecule has 2 aliphatic rings. The topological polar surface area (TPSA) is 78.9 Å². The first-order valence-corrected chi connectivity index (χ1v) is 7.42. The number of morpholine rings is 1. The van der Waals surface area contributed by atoms with E-state index < -0.39 is 5.97 Å². The zero-order valence-corrected chi connectivity index (χ0v) is 12.0. The maximum atomic E-state index is 12.2. The van der Waals surface area contributed by atoms with E-state index in [1.807, 2.05) is 11.8 Å². The standard InChI is InChI=1S/C14H24N2O4/c1-10(13(17)16-5-7-20-8-6-16)15-9-11-3-2-4-12(11)14(18)19/h10-12,15H,2-9H2,1H3,(H,18,19). The minimum Gasteiger partial charge on any atom is -0.481 e. The molecule has 0 bridgehead atoms. The van der Waals surface area contributed by atoms with Gasteiger partial charge in [-0.25, -0.2) is 0 Å². The first-order chi connectivity index (χ1) is 9.59. The van der Waals surface area contributed by atoms with Crippen LogP contribution in [0.5, 0.6) is 0 Å². The Morgan fingerprint density at radius 3 is 2.70 bits per heavy atom. The first-order valence-electron chi connectivity index (χ1n) is 7.42. The predicted molar refractivity (Wildman–Crippen MR) is 73.3 cm³/mol. The number of carbonyl (C=O) groups is 2. The molecule has 0 radical (unpaired) electrons. The van der Waals surface area contributed by atoms with E-state index in [4.69, 9.17) is 9.84 Å². The molecular weight excluding hydrogens is 260 g/mol. The van der Waals surface area contributed by atoms with Crippen LogP contribution < -0.4 is 5.32 Å². The zero-order valence-electron chi connectivity index (χ0n) is 12.0. The normalized spacial score (nSPS) is 28.4. The number of amides is 1. The van der Waals surface area contributed by atoms with Crippen LogP contribution in [-0.2, 0) is 14.3 Å². The number of carboxylic acid groups (broad SMARTS) is 1. The molecular formula is C14H24N2O4. The van der Waals surface area contributed by atoms with Gasteiger partial charge in [0.2, 0.25) is 5.91 Å².